The van der Waals surface area contributed by atoms with Gasteiger partial charge < -0.3 is 30.3 Å². The fourth-order valence-corrected chi connectivity index (χ4v) is 5.39. The summed E-state index contributed by atoms with van der Waals surface area (Å²) in [7, 11) is -5.04. The van der Waals surface area contributed by atoms with E-state index in [0.717, 1.165) is 24.3 Å². The SMILES string of the molecule is O=C(Nc1cc(CCCc2cc(NC(=O)c3ccc(-n4ccnc4)nn3)c(C(=O)OCOP(=O)(O)O)cc2F)c(F)cc1C(=O)O)c1ccc(-n2ccnc2)nn1. The summed E-state index contributed by atoms with van der Waals surface area (Å²) >= 11 is 0. The van der Waals surface area contributed by atoms with Crippen LogP contribution in [0.5, 0.6) is 0 Å². The summed E-state index contributed by atoms with van der Waals surface area (Å²) in [5.41, 5.74) is -2.12. The highest BCUT2D eigenvalue weighted by molar-refractivity contribution is 7.46. The van der Waals surface area contributed by atoms with E-state index in [0.29, 0.717) is 11.6 Å². The highest BCUT2D eigenvalue weighted by atomic mass is 31.2. The minimum atomic E-state index is -5.04. The number of rotatable bonds is 15. The molecule has 0 saturated heterocycles. The number of carbonyl (C=O) groups is 4. The van der Waals surface area contributed by atoms with Gasteiger partial charge in [-0.15, -0.1) is 20.4 Å². The van der Waals surface area contributed by atoms with Gasteiger partial charge in [0.05, 0.1) is 22.5 Å². The molecule has 0 spiro atoms. The summed E-state index contributed by atoms with van der Waals surface area (Å²) in [5, 5.41) is 30.2. The molecular weight excluding hydrogens is 777 g/mol. The van der Waals surface area contributed by atoms with Crippen LogP contribution in [0.4, 0.5) is 20.2 Å². The first-order valence-electron chi connectivity index (χ1n) is 16.3. The van der Waals surface area contributed by atoms with E-state index in [1.165, 1.54) is 53.9 Å². The van der Waals surface area contributed by atoms with Gasteiger partial charge in [-0.2, -0.15) is 0 Å². The van der Waals surface area contributed by atoms with Gasteiger partial charge in [0, 0.05) is 24.8 Å². The number of carbonyl (C=O) groups excluding carboxylic acids is 3. The molecule has 2 aromatic carbocycles. The lowest BCUT2D eigenvalue weighted by Crippen LogP contribution is -2.19. The fraction of sp³-hybridized carbons (Fsp3) is 0.118. The van der Waals surface area contributed by atoms with Crippen molar-refractivity contribution in [3.8, 4) is 11.6 Å². The van der Waals surface area contributed by atoms with Crippen LogP contribution in [0.15, 0.2) is 86.0 Å². The van der Waals surface area contributed by atoms with Gasteiger partial charge in [0.2, 0.25) is 6.79 Å². The number of amides is 2. The van der Waals surface area contributed by atoms with E-state index in [1.54, 1.807) is 17.0 Å². The summed E-state index contributed by atoms with van der Waals surface area (Å²) in [5.74, 6) is -5.75. The van der Waals surface area contributed by atoms with Gasteiger partial charge in [0.1, 0.15) is 24.3 Å². The van der Waals surface area contributed by atoms with E-state index < -0.39 is 61.1 Å². The molecular formula is C34H27F2N10O10P. The molecule has 0 bridgehead atoms. The predicted molar refractivity (Wildman–Crippen MR) is 189 cm³/mol. The quantitative estimate of drug-likeness (QED) is 0.0564. The number of nitrogens with one attached hydrogen (secondary N) is 2. The van der Waals surface area contributed by atoms with Crippen LogP contribution >= 0.6 is 7.82 Å². The van der Waals surface area contributed by atoms with Gasteiger partial charge in [-0.1, -0.05) is 0 Å². The Morgan fingerprint density at radius 1 is 0.719 bits per heavy atom. The fourth-order valence-electron chi connectivity index (χ4n) is 5.20. The Labute approximate surface area is 318 Å². The van der Waals surface area contributed by atoms with Crippen LogP contribution in [0.2, 0.25) is 0 Å². The molecule has 4 aromatic heterocycles. The number of imidazole rings is 2. The summed E-state index contributed by atoms with van der Waals surface area (Å²) in [6.45, 7) is -1.21. The number of benzene rings is 2. The highest BCUT2D eigenvalue weighted by Gasteiger charge is 2.23. The van der Waals surface area contributed by atoms with Gasteiger partial charge in [0.25, 0.3) is 11.8 Å². The van der Waals surface area contributed by atoms with Crippen molar-refractivity contribution in [2.75, 3.05) is 17.4 Å². The lowest BCUT2D eigenvalue weighted by molar-refractivity contribution is 0.00651. The number of anilines is 2. The Balaban J connectivity index is 1.19. The van der Waals surface area contributed by atoms with Crippen LogP contribution < -0.4 is 10.6 Å². The van der Waals surface area contributed by atoms with Gasteiger partial charge in [0.15, 0.2) is 23.0 Å². The molecule has 20 nitrogen and oxygen atoms in total. The van der Waals surface area contributed by atoms with E-state index >= 15 is 8.78 Å². The summed E-state index contributed by atoms with van der Waals surface area (Å²) in [6.07, 6.45) is 8.96. The molecule has 0 radical (unpaired) electrons. The molecule has 0 saturated carbocycles. The van der Waals surface area contributed by atoms with Crippen molar-refractivity contribution in [1.29, 1.82) is 0 Å². The van der Waals surface area contributed by atoms with Crippen LogP contribution in [0.3, 0.4) is 0 Å². The third-order valence-corrected chi connectivity index (χ3v) is 8.37. The lowest BCUT2D eigenvalue weighted by Gasteiger charge is -2.15. The highest BCUT2D eigenvalue weighted by Crippen LogP contribution is 2.35. The first-order valence-corrected chi connectivity index (χ1v) is 17.8. The maximum absolute atomic E-state index is 15.5. The standard InChI is InChI=1S/C34H27F2N10O10P/c35-23-14-21(33(49)50)27(39-31(47)25-4-6-29(43-41-25)45-10-8-37-16-45)12-19(23)2-1-3-20-13-28(22(15-24(20)36)34(51)55-18-56-57(52,53)54)40-32(48)26-5-7-30(44-42-26)46-11-9-38-17-46/h4-17H,1-3,18H2,(H,39,47)(H,40,48)(H,49,50)(H2,52,53,54). The van der Waals surface area contributed by atoms with E-state index in [-0.39, 0.29) is 53.2 Å². The van der Waals surface area contributed by atoms with Gasteiger partial charge >= 0.3 is 19.8 Å². The average Bonchev–Trinajstić information content (AvgIpc) is 3.93. The normalized spacial score (nSPS) is 11.2. The van der Waals surface area contributed by atoms with Gasteiger partial charge in [-0.25, -0.2) is 37.4 Å². The Morgan fingerprint density at radius 3 is 1.63 bits per heavy atom. The molecule has 6 aromatic rings. The number of hydrogen-bond acceptors (Lipinski definition) is 13. The minimum absolute atomic E-state index is 0.0311. The second-order valence-corrected chi connectivity index (χ2v) is 12.9. The largest absolute Gasteiger partial charge is 0.478 e. The van der Waals surface area contributed by atoms with Crippen LogP contribution in [0, 0.1) is 11.6 Å². The molecule has 292 valence electrons. The van der Waals surface area contributed by atoms with E-state index in [9.17, 15) is 28.8 Å². The van der Waals surface area contributed by atoms with Crippen molar-refractivity contribution in [1.82, 2.24) is 39.5 Å². The number of aryl methyl sites for hydroxylation is 2. The zero-order valence-corrected chi connectivity index (χ0v) is 29.8. The molecule has 0 aliphatic heterocycles. The van der Waals surface area contributed by atoms with Crippen LogP contribution in [-0.4, -0.2) is 84.9 Å². The third-order valence-electron chi connectivity index (χ3n) is 7.93. The maximum atomic E-state index is 15.5. The second-order valence-electron chi connectivity index (χ2n) is 11.7. The molecule has 0 aliphatic rings. The Bertz CT molecular complexity index is 2480. The minimum Gasteiger partial charge on any atom is -0.478 e. The predicted octanol–water partition coefficient (Wildman–Crippen LogP) is 3.52. The smallest absolute Gasteiger partial charge is 0.472 e. The van der Waals surface area contributed by atoms with Crippen molar-refractivity contribution in [3.63, 3.8) is 0 Å². The molecule has 0 fully saturated rings. The maximum Gasteiger partial charge on any atom is 0.472 e. The molecule has 4 heterocycles. The zero-order valence-electron chi connectivity index (χ0n) is 28.9. The zero-order chi connectivity index (χ0) is 40.7. The van der Waals surface area contributed by atoms with Crippen molar-refractivity contribution in [2.24, 2.45) is 0 Å². The number of halogens is 2. The Kier molecular flexibility index (Phi) is 11.9. The molecule has 0 aliphatic carbocycles. The number of carboxylic acid groups (broad SMARTS) is 1. The van der Waals surface area contributed by atoms with E-state index in [2.05, 4.69) is 45.5 Å². The van der Waals surface area contributed by atoms with Gasteiger partial charge in [-0.05, 0) is 78.9 Å². The average molecular weight is 805 g/mol. The molecule has 57 heavy (non-hydrogen) atoms. The number of aromatic nitrogens is 8. The first kappa shape index (κ1) is 39.6. The number of phosphoric ester groups is 1. The molecule has 6 rings (SSSR count). The van der Waals surface area contributed by atoms with Crippen LogP contribution in [0.25, 0.3) is 11.6 Å². The topological polar surface area (TPSA) is 276 Å². The molecule has 2 amide bonds. The number of aromatic carboxylic acids is 1. The Morgan fingerprint density at radius 2 is 1.21 bits per heavy atom. The Hall–Kier alpha value is -7.13. The monoisotopic (exact) mass is 804 g/mol. The number of phosphoric acid groups is 1. The number of hydrogen-bond donors (Lipinski definition) is 5. The number of ether oxygens (including phenoxy) is 1. The van der Waals surface area contributed by atoms with Crippen LogP contribution in [-0.2, 0) is 26.7 Å². The number of esters is 1. The van der Waals surface area contributed by atoms with Gasteiger partial charge in [-0.3, -0.25) is 18.7 Å². The van der Waals surface area contributed by atoms with Crippen molar-refractivity contribution in [3.05, 3.63) is 131 Å². The molecule has 0 atom stereocenters. The first-order chi connectivity index (χ1) is 27.3. The third kappa shape index (κ3) is 9.95. The summed E-state index contributed by atoms with van der Waals surface area (Å²) in [4.78, 5) is 76.6. The van der Waals surface area contributed by atoms with Crippen LogP contribution in [0.1, 0.15) is 59.2 Å². The van der Waals surface area contributed by atoms with Crippen molar-refractivity contribution < 1.29 is 56.7 Å². The number of carboxylic acids is 1. The van der Waals surface area contributed by atoms with E-state index in [4.69, 9.17) is 14.5 Å². The van der Waals surface area contributed by atoms with Crippen molar-refractivity contribution in [2.45, 2.75) is 19.3 Å². The number of nitrogens with zero attached hydrogens (tertiary/aromatic N) is 8. The van der Waals surface area contributed by atoms with Crippen molar-refractivity contribution >= 4 is 43.0 Å². The van der Waals surface area contributed by atoms with E-state index in [1.807, 2.05) is 0 Å². The molecule has 5 N–H and O–H groups in total. The lowest BCUT2D eigenvalue weighted by atomic mass is 9.99. The molecule has 0 unspecified atom stereocenters. The summed E-state index contributed by atoms with van der Waals surface area (Å²) in [6, 6.07) is 9.30. The summed E-state index contributed by atoms with van der Waals surface area (Å²) < 4.78 is 53.6. The molecule has 23 heteroatoms. The second kappa shape index (κ2) is 17.1.